The summed E-state index contributed by atoms with van der Waals surface area (Å²) in [6.07, 6.45) is 1.54. The topological polar surface area (TPSA) is 45.9 Å². The number of halogens is 1. The number of ether oxygens (including phenoxy) is 1. The van der Waals surface area contributed by atoms with Crippen LogP contribution in [0.15, 0.2) is 65.3 Å². The lowest BCUT2D eigenvalue weighted by atomic mass is 10.1. The standard InChI is InChI=1S/C21H22N2O3.ClH/c24-21(20-9-4-15-25-20)23-12-10-22(11-13-23)14-16-26-19-8-3-6-17-5-1-2-7-18(17)19;/h1-9,15H,10-14,16H2;1H. The van der Waals surface area contributed by atoms with Crippen molar-refractivity contribution in [3.8, 4) is 5.75 Å². The second-order valence-corrected chi connectivity index (χ2v) is 6.44. The van der Waals surface area contributed by atoms with Crippen molar-refractivity contribution in [1.29, 1.82) is 0 Å². The van der Waals surface area contributed by atoms with Gasteiger partial charge in [-0.15, -0.1) is 12.4 Å². The molecular weight excluding hydrogens is 364 g/mol. The zero-order valence-corrected chi connectivity index (χ0v) is 15.9. The number of nitrogens with zero attached hydrogens (tertiary/aromatic N) is 2. The lowest BCUT2D eigenvalue weighted by molar-refractivity contribution is 0.0590. The number of furan rings is 1. The lowest BCUT2D eigenvalue weighted by Crippen LogP contribution is -2.49. The Kier molecular flexibility index (Phi) is 6.37. The number of carbonyl (C=O) groups excluding carboxylic acids is 1. The van der Waals surface area contributed by atoms with Crippen LogP contribution >= 0.6 is 12.4 Å². The maximum absolute atomic E-state index is 12.3. The Bertz CT molecular complexity index is 869. The third-order valence-corrected chi connectivity index (χ3v) is 4.81. The van der Waals surface area contributed by atoms with Crippen LogP contribution in [-0.2, 0) is 0 Å². The summed E-state index contributed by atoms with van der Waals surface area (Å²) in [7, 11) is 0. The molecule has 0 N–H and O–H groups in total. The molecule has 142 valence electrons. The van der Waals surface area contributed by atoms with Crippen molar-refractivity contribution < 1.29 is 13.9 Å². The molecule has 0 atom stereocenters. The van der Waals surface area contributed by atoms with E-state index >= 15 is 0 Å². The number of piperazine rings is 1. The normalized spacial score (nSPS) is 14.7. The van der Waals surface area contributed by atoms with Gasteiger partial charge < -0.3 is 14.1 Å². The van der Waals surface area contributed by atoms with Crippen molar-refractivity contribution in [2.24, 2.45) is 0 Å². The van der Waals surface area contributed by atoms with E-state index in [4.69, 9.17) is 9.15 Å². The predicted molar refractivity (Wildman–Crippen MR) is 108 cm³/mol. The summed E-state index contributed by atoms with van der Waals surface area (Å²) in [4.78, 5) is 16.5. The Morgan fingerprint density at radius 3 is 2.52 bits per heavy atom. The SMILES string of the molecule is Cl.O=C(c1ccco1)N1CCN(CCOc2cccc3ccccc23)CC1. The zero-order chi connectivity index (χ0) is 17.8. The molecule has 0 radical (unpaired) electrons. The van der Waals surface area contributed by atoms with Gasteiger partial charge in [0.05, 0.1) is 6.26 Å². The van der Waals surface area contributed by atoms with E-state index < -0.39 is 0 Å². The van der Waals surface area contributed by atoms with Gasteiger partial charge in [-0.2, -0.15) is 0 Å². The van der Waals surface area contributed by atoms with Crippen LogP contribution in [0, 0.1) is 0 Å². The van der Waals surface area contributed by atoms with E-state index in [1.165, 1.54) is 11.6 Å². The summed E-state index contributed by atoms with van der Waals surface area (Å²) in [5.74, 6) is 1.31. The summed E-state index contributed by atoms with van der Waals surface area (Å²) in [6.45, 7) is 4.63. The van der Waals surface area contributed by atoms with Gasteiger partial charge >= 0.3 is 0 Å². The van der Waals surface area contributed by atoms with Crippen LogP contribution in [-0.4, -0.2) is 55.0 Å². The monoisotopic (exact) mass is 386 g/mol. The first-order chi connectivity index (χ1) is 12.8. The Morgan fingerprint density at radius 2 is 1.74 bits per heavy atom. The lowest BCUT2D eigenvalue weighted by Gasteiger charge is -2.34. The second-order valence-electron chi connectivity index (χ2n) is 6.44. The molecule has 0 bridgehead atoms. The van der Waals surface area contributed by atoms with Gasteiger partial charge in [0.25, 0.3) is 5.91 Å². The molecule has 1 fully saturated rings. The molecule has 0 aliphatic carbocycles. The summed E-state index contributed by atoms with van der Waals surface area (Å²) in [5, 5.41) is 2.33. The van der Waals surface area contributed by atoms with E-state index in [0.717, 1.165) is 30.8 Å². The highest BCUT2D eigenvalue weighted by atomic mass is 35.5. The molecule has 0 spiro atoms. The van der Waals surface area contributed by atoms with Gasteiger partial charge in [-0.25, -0.2) is 0 Å². The highest BCUT2D eigenvalue weighted by Gasteiger charge is 2.23. The van der Waals surface area contributed by atoms with Crippen molar-refractivity contribution in [2.45, 2.75) is 0 Å². The molecule has 5 nitrogen and oxygen atoms in total. The van der Waals surface area contributed by atoms with Crippen molar-refractivity contribution in [3.63, 3.8) is 0 Å². The predicted octanol–water partition coefficient (Wildman–Crippen LogP) is 3.69. The highest BCUT2D eigenvalue weighted by molar-refractivity contribution is 5.91. The largest absolute Gasteiger partial charge is 0.492 e. The van der Waals surface area contributed by atoms with Gasteiger partial charge in [-0.1, -0.05) is 36.4 Å². The van der Waals surface area contributed by atoms with E-state index in [-0.39, 0.29) is 18.3 Å². The number of hydrogen-bond acceptors (Lipinski definition) is 4. The molecule has 0 unspecified atom stereocenters. The van der Waals surface area contributed by atoms with Crippen LogP contribution in [0.1, 0.15) is 10.6 Å². The van der Waals surface area contributed by atoms with Crippen molar-refractivity contribution in [3.05, 3.63) is 66.6 Å². The molecule has 1 aliphatic heterocycles. The van der Waals surface area contributed by atoms with E-state index in [1.54, 1.807) is 12.1 Å². The van der Waals surface area contributed by atoms with Gasteiger partial charge in [0.15, 0.2) is 5.76 Å². The zero-order valence-electron chi connectivity index (χ0n) is 15.0. The van der Waals surface area contributed by atoms with Crippen LogP contribution in [0.5, 0.6) is 5.75 Å². The number of hydrogen-bond donors (Lipinski definition) is 0. The minimum atomic E-state index is -0.0262. The molecule has 2 aromatic carbocycles. The van der Waals surface area contributed by atoms with Crippen molar-refractivity contribution in [2.75, 3.05) is 39.3 Å². The Balaban J connectivity index is 0.00000210. The highest BCUT2D eigenvalue weighted by Crippen LogP contribution is 2.25. The molecule has 1 aliphatic rings. The first kappa shape index (κ1) is 19.3. The van der Waals surface area contributed by atoms with Gasteiger partial charge in [-0.05, 0) is 23.6 Å². The number of rotatable bonds is 5. The van der Waals surface area contributed by atoms with E-state index in [2.05, 4.69) is 23.1 Å². The van der Waals surface area contributed by atoms with Gasteiger partial charge in [0, 0.05) is 38.1 Å². The van der Waals surface area contributed by atoms with Crippen LogP contribution in [0.25, 0.3) is 10.8 Å². The van der Waals surface area contributed by atoms with Gasteiger partial charge in [-0.3, -0.25) is 9.69 Å². The summed E-state index contributed by atoms with van der Waals surface area (Å²) in [5.41, 5.74) is 0. The minimum Gasteiger partial charge on any atom is -0.492 e. The Morgan fingerprint density at radius 1 is 0.963 bits per heavy atom. The number of amides is 1. The van der Waals surface area contributed by atoms with E-state index in [9.17, 15) is 4.79 Å². The van der Waals surface area contributed by atoms with Crippen LogP contribution in [0.4, 0.5) is 0 Å². The smallest absolute Gasteiger partial charge is 0.289 e. The van der Waals surface area contributed by atoms with E-state index in [1.807, 2.05) is 29.2 Å². The average Bonchev–Trinajstić information content (AvgIpc) is 3.23. The first-order valence-corrected chi connectivity index (χ1v) is 8.97. The van der Waals surface area contributed by atoms with Crippen LogP contribution < -0.4 is 4.74 Å². The van der Waals surface area contributed by atoms with E-state index in [0.29, 0.717) is 25.5 Å². The fourth-order valence-corrected chi connectivity index (χ4v) is 3.34. The third-order valence-electron chi connectivity index (χ3n) is 4.81. The molecule has 3 aromatic rings. The number of benzene rings is 2. The maximum Gasteiger partial charge on any atom is 0.289 e. The summed E-state index contributed by atoms with van der Waals surface area (Å²) < 4.78 is 11.2. The number of fused-ring (bicyclic) bond motifs is 1. The molecule has 1 amide bonds. The third kappa shape index (κ3) is 4.43. The average molecular weight is 387 g/mol. The Labute approximate surface area is 164 Å². The molecular formula is C21H23ClN2O3. The second kappa shape index (κ2) is 8.93. The van der Waals surface area contributed by atoms with Crippen molar-refractivity contribution >= 4 is 29.1 Å². The number of carbonyl (C=O) groups is 1. The maximum atomic E-state index is 12.3. The Hall–Kier alpha value is -2.50. The fraction of sp³-hybridized carbons (Fsp3) is 0.286. The summed E-state index contributed by atoms with van der Waals surface area (Å²) >= 11 is 0. The molecule has 1 aromatic heterocycles. The van der Waals surface area contributed by atoms with Crippen LogP contribution in [0.2, 0.25) is 0 Å². The van der Waals surface area contributed by atoms with Gasteiger partial charge in [0.1, 0.15) is 12.4 Å². The molecule has 4 rings (SSSR count). The molecule has 27 heavy (non-hydrogen) atoms. The molecule has 2 heterocycles. The molecule has 0 saturated carbocycles. The quantitative estimate of drug-likeness (QED) is 0.671. The molecule has 6 heteroatoms. The first-order valence-electron chi connectivity index (χ1n) is 8.97. The van der Waals surface area contributed by atoms with Crippen molar-refractivity contribution in [1.82, 2.24) is 9.80 Å². The van der Waals surface area contributed by atoms with Gasteiger partial charge in [0.2, 0.25) is 0 Å². The van der Waals surface area contributed by atoms with Crippen LogP contribution in [0.3, 0.4) is 0 Å². The minimum absolute atomic E-state index is 0. The molecule has 1 saturated heterocycles. The summed E-state index contributed by atoms with van der Waals surface area (Å²) in [6, 6.07) is 17.8. The fourth-order valence-electron chi connectivity index (χ4n) is 3.34.